The van der Waals surface area contributed by atoms with E-state index in [2.05, 4.69) is 20.8 Å². The summed E-state index contributed by atoms with van der Waals surface area (Å²) in [6.07, 6.45) is 2.57. The Hall–Kier alpha value is -0.0951. The van der Waals surface area contributed by atoms with Crippen molar-refractivity contribution < 1.29 is 14.0 Å². The van der Waals surface area contributed by atoms with Crippen LogP contribution in [0.25, 0.3) is 0 Å². The predicted octanol–water partition coefficient (Wildman–Crippen LogP) is 1.19. The molecule has 0 amide bonds. The summed E-state index contributed by atoms with van der Waals surface area (Å²) < 4.78 is 17.4. The van der Waals surface area contributed by atoms with Gasteiger partial charge in [0, 0.05) is 13.2 Å². The largest absolute Gasteiger partial charge is 0.640 e. The minimum atomic E-state index is -0.510. The molecule has 0 aromatic heterocycles. The molecule has 0 unspecified atom stereocenters. The van der Waals surface area contributed by atoms with E-state index in [0.29, 0.717) is 24.5 Å². The molecule has 0 spiro atoms. The van der Waals surface area contributed by atoms with Gasteiger partial charge in [0.05, 0.1) is 11.7 Å². The molecule has 1 heterocycles. The molecule has 4 aliphatic rings. The van der Waals surface area contributed by atoms with Crippen LogP contribution in [0.4, 0.5) is 0 Å². The number of hydrogen-bond acceptors (Lipinski definition) is 4. The molecule has 1 aliphatic heterocycles. The summed E-state index contributed by atoms with van der Waals surface area (Å²) in [7, 11) is -0.510. The van der Waals surface area contributed by atoms with Crippen LogP contribution in [0.15, 0.2) is 0 Å². The molecule has 3 saturated carbocycles. The first-order valence-corrected chi connectivity index (χ1v) is 6.63. The zero-order valence-corrected chi connectivity index (χ0v) is 10.9. The third-order valence-electron chi connectivity index (χ3n) is 5.30. The van der Waals surface area contributed by atoms with E-state index in [-0.39, 0.29) is 11.7 Å². The molecule has 2 bridgehead atoms. The van der Waals surface area contributed by atoms with Crippen molar-refractivity contribution in [2.75, 3.05) is 13.2 Å². The van der Waals surface area contributed by atoms with E-state index in [1.165, 1.54) is 6.42 Å². The highest BCUT2D eigenvalue weighted by Gasteiger charge is 2.68. The van der Waals surface area contributed by atoms with Crippen molar-refractivity contribution in [3.63, 3.8) is 0 Å². The molecule has 4 atom stereocenters. The fourth-order valence-corrected chi connectivity index (χ4v) is 4.06. The Morgan fingerprint density at radius 3 is 2.76 bits per heavy atom. The average Bonchev–Trinajstić information content (AvgIpc) is 2.61. The molecule has 4 rings (SSSR count). The number of nitrogens with two attached hydrogens (primary N) is 1. The molecule has 0 aromatic rings. The van der Waals surface area contributed by atoms with Gasteiger partial charge in [-0.3, -0.25) is 0 Å². The summed E-state index contributed by atoms with van der Waals surface area (Å²) in [6, 6.07) is 0. The van der Waals surface area contributed by atoms with Crippen LogP contribution in [0.5, 0.6) is 0 Å². The smallest absolute Gasteiger partial charge is 0.385 e. The van der Waals surface area contributed by atoms with Crippen molar-refractivity contribution in [1.29, 1.82) is 0 Å². The molecule has 0 aromatic carbocycles. The molecule has 4 nitrogen and oxygen atoms in total. The van der Waals surface area contributed by atoms with Crippen molar-refractivity contribution in [3.8, 4) is 0 Å². The van der Waals surface area contributed by atoms with Crippen molar-refractivity contribution in [1.82, 2.24) is 0 Å². The molecule has 17 heavy (non-hydrogen) atoms. The highest BCUT2D eigenvalue weighted by Crippen LogP contribution is 2.65. The Morgan fingerprint density at radius 1 is 1.35 bits per heavy atom. The Balaban J connectivity index is 1.73. The van der Waals surface area contributed by atoms with Crippen molar-refractivity contribution in [3.05, 3.63) is 0 Å². The minimum absolute atomic E-state index is 0.169. The lowest BCUT2D eigenvalue weighted by Gasteiger charge is -2.64. The van der Waals surface area contributed by atoms with Gasteiger partial charge in [0.2, 0.25) is 0 Å². The number of hydrogen-bond donors (Lipinski definition) is 1. The van der Waals surface area contributed by atoms with Crippen LogP contribution in [0.1, 0.15) is 33.6 Å². The molecule has 2 N–H and O–H groups in total. The van der Waals surface area contributed by atoms with E-state index in [4.69, 9.17) is 19.7 Å². The third-order valence-corrected chi connectivity index (χ3v) is 5.30. The molecule has 4 fully saturated rings. The van der Waals surface area contributed by atoms with E-state index in [9.17, 15) is 0 Å². The van der Waals surface area contributed by atoms with Crippen LogP contribution in [0.3, 0.4) is 0 Å². The summed E-state index contributed by atoms with van der Waals surface area (Å²) >= 11 is 0. The van der Waals surface area contributed by atoms with Crippen molar-refractivity contribution in [2.24, 2.45) is 23.0 Å². The normalized spacial score (nSPS) is 46.6. The van der Waals surface area contributed by atoms with Gasteiger partial charge in [-0.1, -0.05) is 13.8 Å². The highest BCUT2D eigenvalue weighted by atomic mass is 16.8. The topological polar surface area (TPSA) is 53.7 Å². The fourth-order valence-electron chi connectivity index (χ4n) is 4.06. The molecule has 5 heteroatoms. The SMILES string of the molecule is CC1(C)[C@@H]2C[C@@H]3OB(OCCN)O[C@]3(C)[C@@H]1C2. The van der Waals surface area contributed by atoms with Crippen LogP contribution in [0.2, 0.25) is 0 Å². The van der Waals surface area contributed by atoms with Crippen LogP contribution in [0, 0.1) is 17.3 Å². The molecule has 1 saturated heterocycles. The van der Waals surface area contributed by atoms with E-state index >= 15 is 0 Å². The minimum Gasteiger partial charge on any atom is -0.385 e. The highest BCUT2D eigenvalue weighted by molar-refractivity contribution is 6.37. The van der Waals surface area contributed by atoms with E-state index in [1.807, 2.05) is 0 Å². The van der Waals surface area contributed by atoms with Gasteiger partial charge in [-0.2, -0.15) is 0 Å². The zero-order chi connectivity index (χ0) is 12.3. The van der Waals surface area contributed by atoms with Gasteiger partial charge in [-0.05, 0) is 37.0 Å². The lowest BCUT2D eigenvalue weighted by atomic mass is 9.43. The zero-order valence-electron chi connectivity index (χ0n) is 10.9. The Bertz CT molecular complexity index is 325. The third kappa shape index (κ3) is 1.53. The first-order chi connectivity index (χ1) is 7.98. The molecule has 3 aliphatic carbocycles. The van der Waals surface area contributed by atoms with Crippen molar-refractivity contribution >= 4 is 7.32 Å². The standard InChI is InChI=1S/C12H22BNO3/c1-11(2)8-6-9(11)12(3)10(7-8)16-13(17-12)15-5-4-14/h8-10H,4-7,14H2,1-3H3/t8-,9+,10-,12+/m0/s1. The van der Waals surface area contributed by atoms with Gasteiger partial charge in [0.1, 0.15) is 0 Å². The van der Waals surface area contributed by atoms with Gasteiger partial charge in [0.15, 0.2) is 0 Å². The van der Waals surface area contributed by atoms with Gasteiger partial charge in [-0.15, -0.1) is 0 Å². The summed E-state index contributed by atoms with van der Waals surface area (Å²) in [5, 5.41) is 0. The van der Waals surface area contributed by atoms with Gasteiger partial charge >= 0.3 is 7.32 Å². The van der Waals surface area contributed by atoms with E-state index < -0.39 is 7.32 Å². The maximum absolute atomic E-state index is 6.04. The first-order valence-electron chi connectivity index (χ1n) is 6.63. The number of rotatable bonds is 3. The Kier molecular flexibility index (Phi) is 2.60. The van der Waals surface area contributed by atoms with Crippen LogP contribution < -0.4 is 5.73 Å². The molecular formula is C12H22BNO3. The van der Waals surface area contributed by atoms with Crippen LogP contribution in [-0.2, 0) is 14.0 Å². The quantitative estimate of drug-likeness (QED) is 0.751. The van der Waals surface area contributed by atoms with E-state index in [0.717, 1.165) is 12.3 Å². The Labute approximate surface area is 103 Å². The molecule has 96 valence electrons. The van der Waals surface area contributed by atoms with Crippen LogP contribution >= 0.6 is 0 Å². The van der Waals surface area contributed by atoms with E-state index in [1.54, 1.807) is 0 Å². The Morgan fingerprint density at radius 2 is 2.12 bits per heavy atom. The lowest BCUT2D eigenvalue weighted by molar-refractivity contribution is -0.200. The summed E-state index contributed by atoms with van der Waals surface area (Å²) in [6.45, 7) is 7.88. The second kappa shape index (κ2) is 3.70. The fraction of sp³-hybridized carbons (Fsp3) is 1.00. The van der Waals surface area contributed by atoms with Crippen molar-refractivity contribution in [2.45, 2.75) is 45.3 Å². The second-order valence-corrected chi connectivity index (χ2v) is 6.42. The predicted molar refractivity (Wildman–Crippen MR) is 65.1 cm³/mol. The lowest BCUT2D eigenvalue weighted by Crippen LogP contribution is -2.65. The molecule has 0 radical (unpaired) electrons. The van der Waals surface area contributed by atoms with Gasteiger partial charge in [0.25, 0.3) is 0 Å². The van der Waals surface area contributed by atoms with Gasteiger partial charge < -0.3 is 19.7 Å². The van der Waals surface area contributed by atoms with Gasteiger partial charge in [-0.25, -0.2) is 0 Å². The molecular weight excluding hydrogens is 217 g/mol. The monoisotopic (exact) mass is 239 g/mol. The second-order valence-electron chi connectivity index (χ2n) is 6.42. The first kappa shape index (κ1) is 12.0. The average molecular weight is 239 g/mol. The summed E-state index contributed by atoms with van der Waals surface area (Å²) in [5.74, 6) is 1.37. The summed E-state index contributed by atoms with van der Waals surface area (Å²) in [4.78, 5) is 0. The maximum atomic E-state index is 6.04. The van der Waals surface area contributed by atoms with Crippen LogP contribution in [-0.4, -0.2) is 32.2 Å². The maximum Gasteiger partial charge on any atom is 0.640 e. The summed E-state index contributed by atoms with van der Waals surface area (Å²) in [5.41, 5.74) is 5.65.